The monoisotopic (exact) mass is 285 g/mol. The number of anilines is 1. The predicted molar refractivity (Wildman–Crippen MR) is 77.2 cm³/mol. The van der Waals surface area contributed by atoms with Crippen molar-refractivity contribution in [1.29, 1.82) is 0 Å². The van der Waals surface area contributed by atoms with Gasteiger partial charge in [0.05, 0.1) is 16.6 Å². The molecule has 100 valence electrons. The largest absolute Gasteiger partial charge is 0.369 e. The highest BCUT2D eigenvalue weighted by molar-refractivity contribution is 6.33. The lowest BCUT2D eigenvalue weighted by molar-refractivity contribution is 0.497. The molecule has 1 saturated heterocycles. The zero-order valence-corrected chi connectivity index (χ0v) is 11.4. The minimum absolute atomic E-state index is 0.386. The summed E-state index contributed by atoms with van der Waals surface area (Å²) in [5, 5.41) is 9.20. The normalized spacial score (nSPS) is 15.6. The molecule has 6 heteroatoms. The summed E-state index contributed by atoms with van der Waals surface area (Å²) in [6.07, 6.45) is 5.45. The molecule has 1 fully saturated rings. The Hall–Kier alpha value is -2.14. The molecule has 3 aromatic rings. The lowest BCUT2D eigenvalue weighted by Crippen LogP contribution is -2.46. The average molecular weight is 286 g/mol. The van der Waals surface area contributed by atoms with Gasteiger partial charge in [0.25, 0.3) is 0 Å². The zero-order valence-electron chi connectivity index (χ0n) is 10.6. The molecular formula is C14H12ClN5. The van der Waals surface area contributed by atoms with Gasteiger partial charge < -0.3 is 4.90 Å². The first-order valence-electron chi connectivity index (χ1n) is 6.47. The Kier molecular flexibility index (Phi) is 2.60. The molecule has 0 radical (unpaired) electrons. The molecule has 0 bridgehead atoms. The molecule has 4 heterocycles. The van der Waals surface area contributed by atoms with Crippen molar-refractivity contribution in [3.05, 3.63) is 53.7 Å². The van der Waals surface area contributed by atoms with Crippen molar-refractivity contribution in [2.75, 3.05) is 18.0 Å². The summed E-state index contributed by atoms with van der Waals surface area (Å²) in [4.78, 5) is 6.25. The maximum absolute atomic E-state index is 6.16. The third kappa shape index (κ3) is 1.74. The van der Waals surface area contributed by atoms with Gasteiger partial charge in [0.15, 0.2) is 5.65 Å². The smallest absolute Gasteiger partial charge is 0.160 e. The summed E-state index contributed by atoms with van der Waals surface area (Å²) in [5.41, 5.74) is 1.93. The topological polar surface area (TPSA) is 46.3 Å². The molecule has 0 N–H and O–H groups in total. The number of halogens is 1. The van der Waals surface area contributed by atoms with E-state index in [1.165, 1.54) is 0 Å². The standard InChI is InChI=1S/C14H12ClN5/c15-11-7-16-5-4-12(11)19-8-10(9-19)14-18-17-13-3-1-2-6-20(13)14/h1-7,10H,8-9H2. The van der Waals surface area contributed by atoms with Gasteiger partial charge in [0, 0.05) is 31.7 Å². The van der Waals surface area contributed by atoms with Gasteiger partial charge in [-0.2, -0.15) is 0 Å². The number of nitrogens with zero attached hydrogens (tertiary/aromatic N) is 5. The van der Waals surface area contributed by atoms with Crippen LogP contribution in [-0.2, 0) is 0 Å². The maximum Gasteiger partial charge on any atom is 0.160 e. The Labute approximate surface area is 120 Å². The first-order chi connectivity index (χ1) is 9.83. The van der Waals surface area contributed by atoms with Crippen LogP contribution >= 0.6 is 11.6 Å². The van der Waals surface area contributed by atoms with Crippen LogP contribution in [-0.4, -0.2) is 32.7 Å². The molecule has 3 aromatic heterocycles. The summed E-state index contributed by atoms with van der Waals surface area (Å²) in [6, 6.07) is 7.88. The van der Waals surface area contributed by atoms with E-state index in [9.17, 15) is 0 Å². The summed E-state index contributed by atoms with van der Waals surface area (Å²) in [5.74, 6) is 1.40. The van der Waals surface area contributed by atoms with E-state index in [1.807, 2.05) is 30.5 Å². The number of pyridine rings is 2. The molecule has 0 atom stereocenters. The second-order valence-electron chi connectivity index (χ2n) is 4.92. The molecule has 20 heavy (non-hydrogen) atoms. The molecule has 5 nitrogen and oxygen atoms in total. The van der Waals surface area contributed by atoms with Crippen molar-refractivity contribution < 1.29 is 0 Å². The molecule has 4 rings (SSSR count). The van der Waals surface area contributed by atoms with Crippen LogP contribution in [0.5, 0.6) is 0 Å². The Morgan fingerprint density at radius 3 is 2.90 bits per heavy atom. The van der Waals surface area contributed by atoms with Crippen LogP contribution < -0.4 is 4.90 Å². The second kappa shape index (κ2) is 4.45. The maximum atomic E-state index is 6.16. The van der Waals surface area contributed by atoms with Gasteiger partial charge >= 0.3 is 0 Å². The third-order valence-electron chi connectivity index (χ3n) is 3.68. The minimum Gasteiger partial charge on any atom is -0.369 e. The Morgan fingerprint density at radius 2 is 2.05 bits per heavy atom. The van der Waals surface area contributed by atoms with Gasteiger partial charge in [-0.05, 0) is 18.2 Å². The number of hydrogen-bond acceptors (Lipinski definition) is 4. The molecule has 0 unspecified atom stereocenters. The number of rotatable bonds is 2. The van der Waals surface area contributed by atoms with Crippen molar-refractivity contribution in [2.45, 2.75) is 5.92 Å². The Balaban J connectivity index is 1.58. The number of aromatic nitrogens is 4. The van der Waals surface area contributed by atoms with E-state index in [1.54, 1.807) is 12.4 Å². The van der Waals surface area contributed by atoms with Crippen molar-refractivity contribution in [3.63, 3.8) is 0 Å². The minimum atomic E-state index is 0.386. The average Bonchev–Trinajstić information content (AvgIpc) is 2.83. The lowest BCUT2D eigenvalue weighted by Gasteiger charge is -2.40. The fourth-order valence-corrected chi connectivity index (χ4v) is 2.84. The highest BCUT2D eigenvalue weighted by atomic mass is 35.5. The SMILES string of the molecule is Clc1cnccc1N1CC(c2nnc3ccccn23)C1. The van der Waals surface area contributed by atoms with Gasteiger partial charge in [-0.1, -0.05) is 17.7 Å². The van der Waals surface area contributed by atoms with E-state index in [-0.39, 0.29) is 0 Å². The zero-order chi connectivity index (χ0) is 13.5. The molecule has 0 aromatic carbocycles. The van der Waals surface area contributed by atoms with Crippen LogP contribution in [0.4, 0.5) is 5.69 Å². The van der Waals surface area contributed by atoms with E-state index >= 15 is 0 Å². The fourth-order valence-electron chi connectivity index (χ4n) is 2.60. The van der Waals surface area contributed by atoms with E-state index in [0.717, 1.165) is 30.2 Å². The summed E-state index contributed by atoms with van der Waals surface area (Å²) in [6.45, 7) is 1.80. The second-order valence-corrected chi connectivity index (χ2v) is 5.32. The van der Waals surface area contributed by atoms with Crippen molar-refractivity contribution in [3.8, 4) is 0 Å². The quantitative estimate of drug-likeness (QED) is 0.725. The van der Waals surface area contributed by atoms with Crippen LogP contribution in [0.15, 0.2) is 42.9 Å². The molecule has 0 saturated carbocycles. The van der Waals surface area contributed by atoms with E-state index in [0.29, 0.717) is 10.9 Å². The molecule has 1 aliphatic heterocycles. The summed E-state index contributed by atoms with van der Waals surface area (Å²) >= 11 is 6.16. The van der Waals surface area contributed by atoms with Gasteiger partial charge in [-0.15, -0.1) is 10.2 Å². The fraction of sp³-hybridized carbons (Fsp3) is 0.214. The van der Waals surface area contributed by atoms with E-state index in [4.69, 9.17) is 11.6 Å². The van der Waals surface area contributed by atoms with E-state index < -0.39 is 0 Å². The first-order valence-corrected chi connectivity index (χ1v) is 6.85. The highest BCUT2D eigenvalue weighted by Crippen LogP contribution is 2.34. The van der Waals surface area contributed by atoms with Crippen LogP contribution in [0.1, 0.15) is 11.7 Å². The Morgan fingerprint density at radius 1 is 1.15 bits per heavy atom. The van der Waals surface area contributed by atoms with Crippen molar-refractivity contribution in [1.82, 2.24) is 19.6 Å². The lowest BCUT2D eigenvalue weighted by atomic mass is 9.98. The number of hydrogen-bond donors (Lipinski definition) is 0. The van der Waals surface area contributed by atoms with Crippen LogP contribution in [0.25, 0.3) is 5.65 Å². The highest BCUT2D eigenvalue weighted by Gasteiger charge is 2.32. The molecule has 1 aliphatic rings. The van der Waals surface area contributed by atoms with E-state index in [2.05, 4.69) is 24.5 Å². The van der Waals surface area contributed by atoms with Gasteiger partial charge in [0.2, 0.25) is 0 Å². The first kappa shape index (κ1) is 11.7. The summed E-state index contributed by atoms with van der Waals surface area (Å²) < 4.78 is 2.05. The van der Waals surface area contributed by atoms with Crippen molar-refractivity contribution >= 4 is 22.9 Å². The third-order valence-corrected chi connectivity index (χ3v) is 3.97. The van der Waals surface area contributed by atoms with Crippen LogP contribution in [0.3, 0.4) is 0 Å². The van der Waals surface area contributed by atoms with Crippen LogP contribution in [0.2, 0.25) is 5.02 Å². The summed E-state index contributed by atoms with van der Waals surface area (Å²) in [7, 11) is 0. The molecule has 0 spiro atoms. The van der Waals surface area contributed by atoms with Crippen molar-refractivity contribution in [2.24, 2.45) is 0 Å². The molecular weight excluding hydrogens is 274 g/mol. The molecule has 0 aliphatic carbocycles. The number of fused-ring (bicyclic) bond motifs is 1. The van der Waals surface area contributed by atoms with Gasteiger partial charge in [-0.3, -0.25) is 9.38 Å². The van der Waals surface area contributed by atoms with Crippen LogP contribution in [0, 0.1) is 0 Å². The Bertz CT molecular complexity index is 763. The predicted octanol–water partition coefficient (Wildman–Crippen LogP) is 2.38. The van der Waals surface area contributed by atoms with Gasteiger partial charge in [0.1, 0.15) is 5.82 Å². The van der Waals surface area contributed by atoms with Gasteiger partial charge in [-0.25, -0.2) is 0 Å². The molecule has 0 amide bonds.